The topological polar surface area (TPSA) is 16.8 Å². The fourth-order valence-corrected chi connectivity index (χ4v) is 3.63. The van der Waals surface area contributed by atoms with Gasteiger partial charge in [-0.3, -0.25) is 0 Å². The van der Waals surface area contributed by atoms with E-state index in [2.05, 4.69) is 60.1 Å². The Hall–Kier alpha value is -2.26. The van der Waals surface area contributed by atoms with E-state index in [4.69, 9.17) is 4.98 Å². The van der Waals surface area contributed by atoms with Crippen molar-refractivity contribution in [1.29, 1.82) is 0 Å². The lowest BCUT2D eigenvalue weighted by Crippen LogP contribution is -2.28. The SMILES string of the molecule is C[n+]1c(-c2ccc3ccccc3n2)sc2ccccc21. The van der Waals surface area contributed by atoms with E-state index in [1.165, 1.54) is 20.6 Å². The Labute approximate surface area is 121 Å². The minimum Gasteiger partial charge on any atom is -0.240 e. The molecule has 0 N–H and O–H groups in total. The quantitative estimate of drug-likeness (QED) is 0.482. The van der Waals surface area contributed by atoms with E-state index in [9.17, 15) is 0 Å². The van der Waals surface area contributed by atoms with Crippen molar-refractivity contribution in [2.45, 2.75) is 0 Å². The number of pyridine rings is 1. The number of aryl methyl sites for hydroxylation is 1. The summed E-state index contributed by atoms with van der Waals surface area (Å²) in [5.41, 5.74) is 3.33. The summed E-state index contributed by atoms with van der Waals surface area (Å²) in [5, 5.41) is 2.37. The highest BCUT2D eigenvalue weighted by atomic mass is 32.1. The van der Waals surface area contributed by atoms with E-state index in [1.54, 1.807) is 11.3 Å². The van der Waals surface area contributed by atoms with Crippen molar-refractivity contribution in [1.82, 2.24) is 4.98 Å². The molecule has 2 heterocycles. The third-order valence-electron chi connectivity index (χ3n) is 3.56. The van der Waals surface area contributed by atoms with Gasteiger partial charge in [0.1, 0.15) is 17.4 Å². The maximum Gasteiger partial charge on any atom is 0.288 e. The summed E-state index contributed by atoms with van der Waals surface area (Å²) in [7, 11) is 2.10. The molecule has 20 heavy (non-hydrogen) atoms. The molecular weight excluding hydrogens is 264 g/mol. The Bertz CT molecular complexity index is 924. The molecule has 0 bridgehead atoms. The van der Waals surface area contributed by atoms with Gasteiger partial charge < -0.3 is 0 Å². The van der Waals surface area contributed by atoms with Crippen molar-refractivity contribution in [2.75, 3.05) is 0 Å². The van der Waals surface area contributed by atoms with E-state index in [0.717, 1.165) is 11.2 Å². The number of nitrogens with zero attached hydrogens (tertiary/aromatic N) is 2. The van der Waals surface area contributed by atoms with Crippen molar-refractivity contribution < 1.29 is 4.57 Å². The fourth-order valence-electron chi connectivity index (χ4n) is 2.51. The van der Waals surface area contributed by atoms with E-state index >= 15 is 0 Å². The number of aromatic nitrogens is 2. The van der Waals surface area contributed by atoms with Gasteiger partial charge in [0.25, 0.3) is 5.01 Å². The largest absolute Gasteiger partial charge is 0.288 e. The van der Waals surface area contributed by atoms with Gasteiger partial charge in [0, 0.05) is 11.5 Å². The average molecular weight is 277 g/mol. The first-order valence-electron chi connectivity index (χ1n) is 6.57. The molecule has 0 saturated carbocycles. The van der Waals surface area contributed by atoms with Crippen molar-refractivity contribution in [3.8, 4) is 10.7 Å². The molecule has 0 amide bonds. The van der Waals surface area contributed by atoms with Gasteiger partial charge >= 0.3 is 0 Å². The molecule has 0 aliphatic rings. The molecule has 3 heteroatoms. The Kier molecular flexibility index (Phi) is 2.54. The summed E-state index contributed by atoms with van der Waals surface area (Å²) >= 11 is 1.79. The fraction of sp³-hybridized carbons (Fsp3) is 0.0588. The molecule has 0 spiro atoms. The molecule has 0 fully saturated rings. The van der Waals surface area contributed by atoms with Gasteiger partial charge in [-0.05, 0) is 18.2 Å². The third kappa shape index (κ3) is 1.71. The summed E-state index contributed by atoms with van der Waals surface area (Å²) in [5.74, 6) is 0. The van der Waals surface area contributed by atoms with Gasteiger partial charge in [0.2, 0.25) is 5.52 Å². The van der Waals surface area contributed by atoms with Crippen molar-refractivity contribution in [2.24, 2.45) is 7.05 Å². The Morgan fingerprint density at radius 3 is 2.60 bits per heavy atom. The highest BCUT2D eigenvalue weighted by Crippen LogP contribution is 2.27. The molecule has 0 aliphatic heterocycles. The number of hydrogen-bond donors (Lipinski definition) is 0. The van der Waals surface area contributed by atoms with Crippen LogP contribution >= 0.6 is 11.3 Å². The first-order chi connectivity index (χ1) is 9.83. The summed E-state index contributed by atoms with van der Waals surface area (Å²) < 4.78 is 3.51. The Balaban J connectivity index is 1.98. The lowest BCUT2D eigenvalue weighted by atomic mass is 10.2. The first-order valence-corrected chi connectivity index (χ1v) is 7.38. The van der Waals surface area contributed by atoms with Crippen LogP contribution in [0.4, 0.5) is 0 Å². The van der Waals surface area contributed by atoms with Crippen LogP contribution in [0, 0.1) is 0 Å². The Morgan fingerprint density at radius 2 is 1.70 bits per heavy atom. The lowest BCUT2D eigenvalue weighted by Gasteiger charge is -1.98. The predicted octanol–water partition coefficient (Wildman–Crippen LogP) is 3.94. The molecule has 0 saturated heterocycles. The first kappa shape index (κ1) is 11.6. The highest BCUT2D eigenvalue weighted by molar-refractivity contribution is 7.21. The van der Waals surface area contributed by atoms with Crippen molar-refractivity contribution in [3.63, 3.8) is 0 Å². The number of rotatable bonds is 1. The molecule has 96 valence electrons. The van der Waals surface area contributed by atoms with Crippen LogP contribution in [-0.4, -0.2) is 4.98 Å². The van der Waals surface area contributed by atoms with Crippen LogP contribution in [0.15, 0.2) is 60.7 Å². The van der Waals surface area contributed by atoms with Gasteiger partial charge in [-0.2, -0.15) is 4.57 Å². The minimum absolute atomic E-state index is 1.03. The summed E-state index contributed by atoms with van der Waals surface area (Å²) in [6.07, 6.45) is 0. The average Bonchev–Trinajstić information content (AvgIpc) is 2.84. The normalized spacial score (nSPS) is 11.2. The molecular formula is C17H13N2S+. The molecule has 4 aromatic rings. The zero-order valence-electron chi connectivity index (χ0n) is 11.1. The Morgan fingerprint density at radius 1 is 0.900 bits per heavy atom. The van der Waals surface area contributed by atoms with Gasteiger partial charge in [-0.15, -0.1) is 0 Å². The standard InChI is InChI=1S/C17H13N2S/c1-19-15-8-4-5-9-16(15)20-17(19)14-11-10-12-6-2-3-7-13(12)18-14/h2-11H,1H3/q+1. The van der Waals surface area contributed by atoms with Crippen LogP contribution in [0.1, 0.15) is 0 Å². The molecule has 0 radical (unpaired) electrons. The van der Waals surface area contributed by atoms with Crippen LogP contribution in [0.3, 0.4) is 0 Å². The smallest absolute Gasteiger partial charge is 0.240 e. The second kappa shape index (κ2) is 4.39. The van der Waals surface area contributed by atoms with Crippen LogP contribution in [0.5, 0.6) is 0 Å². The van der Waals surface area contributed by atoms with E-state index in [-0.39, 0.29) is 0 Å². The molecule has 0 atom stereocenters. The number of benzene rings is 2. The monoisotopic (exact) mass is 277 g/mol. The number of hydrogen-bond acceptors (Lipinski definition) is 2. The van der Waals surface area contributed by atoms with E-state index in [1.807, 2.05) is 12.1 Å². The van der Waals surface area contributed by atoms with E-state index < -0.39 is 0 Å². The maximum atomic E-state index is 4.79. The highest BCUT2D eigenvalue weighted by Gasteiger charge is 2.19. The van der Waals surface area contributed by atoms with Crippen LogP contribution in [-0.2, 0) is 7.05 Å². The molecule has 0 unspecified atom stereocenters. The summed E-state index contributed by atoms with van der Waals surface area (Å²) in [6.45, 7) is 0. The van der Waals surface area contributed by atoms with Gasteiger partial charge in [-0.25, -0.2) is 4.98 Å². The van der Waals surface area contributed by atoms with Gasteiger partial charge in [0.15, 0.2) is 0 Å². The zero-order chi connectivity index (χ0) is 13.5. The zero-order valence-corrected chi connectivity index (χ0v) is 11.9. The molecule has 2 aromatic heterocycles. The number of para-hydroxylation sites is 2. The van der Waals surface area contributed by atoms with Crippen LogP contribution < -0.4 is 4.57 Å². The van der Waals surface area contributed by atoms with E-state index in [0.29, 0.717) is 0 Å². The van der Waals surface area contributed by atoms with Crippen LogP contribution in [0.25, 0.3) is 31.8 Å². The summed E-state index contributed by atoms with van der Waals surface area (Å²) in [4.78, 5) is 4.79. The second-order valence-corrected chi connectivity index (χ2v) is 5.85. The van der Waals surface area contributed by atoms with Gasteiger partial charge in [0.05, 0.1) is 5.52 Å². The molecule has 0 aliphatic carbocycles. The van der Waals surface area contributed by atoms with Gasteiger partial charge in [-0.1, -0.05) is 47.7 Å². The van der Waals surface area contributed by atoms with Crippen LogP contribution in [0.2, 0.25) is 0 Å². The van der Waals surface area contributed by atoms with Crippen molar-refractivity contribution >= 4 is 32.5 Å². The lowest BCUT2D eigenvalue weighted by molar-refractivity contribution is -0.629. The molecule has 2 nitrogen and oxygen atoms in total. The number of thiazole rings is 1. The molecule has 4 rings (SSSR count). The minimum atomic E-state index is 1.03. The predicted molar refractivity (Wildman–Crippen MR) is 83.7 cm³/mol. The van der Waals surface area contributed by atoms with Crippen molar-refractivity contribution in [3.05, 3.63) is 60.7 Å². The molecule has 2 aromatic carbocycles. The third-order valence-corrected chi connectivity index (χ3v) is 4.80. The summed E-state index contributed by atoms with van der Waals surface area (Å²) in [6, 6.07) is 20.9. The number of fused-ring (bicyclic) bond motifs is 2. The maximum absolute atomic E-state index is 4.79. The second-order valence-electron chi connectivity index (χ2n) is 4.82.